The zero-order chi connectivity index (χ0) is 16.8. The van der Waals surface area contributed by atoms with E-state index in [9.17, 15) is 0 Å². The molecule has 2 aliphatic rings. The quantitative estimate of drug-likeness (QED) is 0.330. The summed E-state index contributed by atoms with van der Waals surface area (Å²) in [4.78, 5) is 0. The third-order valence-electron chi connectivity index (χ3n) is 5.95. The fourth-order valence-electron chi connectivity index (χ4n) is 4.84. The molecule has 4 aromatic rings. The number of pyridine rings is 1. The van der Waals surface area contributed by atoms with Gasteiger partial charge in [0.1, 0.15) is 5.75 Å². The molecule has 2 heteroatoms. The number of rotatable bonds is 0. The van der Waals surface area contributed by atoms with E-state index in [1.807, 2.05) is 0 Å². The summed E-state index contributed by atoms with van der Waals surface area (Å²) < 4.78 is 8.34. The van der Waals surface area contributed by atoms with E-state index in [0.29, 0.717) is 6.73 Å². The van der Waals surface area contributed by atoms with Crippen LogP contribution in [0.5, 0.6) is 5.75 Å². The fraction of sp³-hybridized carbons (Fsp3) is 0.174. The summed E-state index contributed by atoms with van der Waals surface area (Å²) in [5, 5.41) is 5.31. The molecule has 2 nitrogen and oxygen atoms in total. The molecule has 0 radical (unpaired) electrons. The van der Waals surface area contributed by atoms with Crippen LogP contribution in [0.15, 0.2) is 60.8 Å². The van der Waals surface area contributed by atoms with Gasteiger partial charge in [0, 0.05) is 21.8 Å². The van der Waals surface area contributed by atoms with Gasteiger partial charge in [-0.05, 0) is 28.5 Å². The van der Waals surface area contributed by atoms with Crippen LogP contribution in [-0.2, 0) is 12.1 Å². The van der Waals surface area contributed by atoms with Gasteiger partial charge in [-0.3, -0.25) is 0 Å². The zero-order valence-electron chi connectivity index (χ0n) is 14.3. The van der Waals surface area contributed by atoms with Gasteiger partial charge in [-0.2, -0.15) is 4.57 Å². The highest BCUT2D eigenvalue weighted by atomic mass is 16.5. The van der Waals surface area contributed by atoms with Gasteiger partial charge in [-0.15, -0.1) is 0 Å². The molecule has 0 bridgehead atoms. The molecule has 2 heterocycles. The van der Waals surface area contributed by atoms with E-state index < -0.39 is 0 Å². The minimum Gasteiger partial charge on any atom is -0.435 e. The minimum absolute atomic E-state index is 0.0419. The average molecular weight is 324 g/mol. The van der Waals surface area contributed by atoms with Crippen molar-refractivity contribution in [2.24, 2.45) is 0 Å². The summed E-state index contributed by atoms with van der Waals surface area (Å²) in [7, 11) is 0. The van der Waals surface area contributed by atoms with Crippen molar-refractivity contribution in [3.8, 4) is 17.0 Å². The highest BCUT2D eigenvalue weighted by molar-refractivity contribution is 6.11. The standard InChI is InChI=1S/C23H18NO/c1-23(2)17-8-5-9-18-20(17)22-21(23)19-15(12-24(22)13-25-18)11-10-14-6-3-4-7-16(14)19/h3-12H,13H2,1-2H3/q+1. The lowest BCUT2D eigenvalue weighted by Crippen LogP contribution is -2.41. The molecule has 6 rings (SSSR count). The molecule has 1 aliphatic carbocycles. The van der Waals surface area contributed by atoms with Gasteiger partial charge in [-0.1, -0.05) is 56.3 Å². The van der Waals surface area contributed by atoms with Gasteiger partial charge in [0.2, 0.25) is 5.69 Å². The SMILES string of the molecule is CC1(C)c2cccc3c2-c2c1c1c(ccc4ccccc41)c[n+]2CO3. The first kappa shape index (κ1) is 13.4. The second-order valence-electron chi connectivity index (χ2n) is 7.65. The van der Waals surface area contributed by atoms with Gasteiger partial charge in [0.15, 0.2) is 6.20 Å². The Kier molecular flexibility index (Phi) is 2.26. The first-order chi connectivity index (χ1) is 12.2. The number of hydrogen-bond acceptors (Lipinski definition) is 1. The molecule has 0 saturated heterocycles. The van der Waals surface area contributed by atoms with Crippen LogP contribution >= 0.6 is 0 Å². The normalized spacial score (nSPS) is 16.1. The van der Waals surface area contributed by atoms with Crippen molar-refractivity contribution in [3.05, 3.63) is 71.9 Å². The van der Waals surface area contributed by atoms with E-state index in [2.05, 4.69) is 79.2 Å². The highest BCUT2D eigenvalue weighted by Crippen LogP contribution is 2.54. The molecule has 0 amide bonds. The molecule has 0 saturated carbocycles. The number of benzene rings is 3. The van der Waals surface area contributed by atoms with Crippen molar-refractivity contribution in [2.75, 3.05) is 0 Å². The predicted molar refractivity (Wildman–Crippen MR) is 99.8 cm³/mol. The van der Waals surface area contributed by atoms with Crippen LogP contribution in [0.25, 0.3) is 32.8 Å². The Labute approximate surface area is 146 Å². The Hall–Kier alpha value is -2.87. The maximum atomic E-state index is 6.06. The van der Waals surface area contributed by atoms with Crippen molar-refractivity contribution in [2.45, 2.75) is 26.0 Å². The van der Waals surface area contributed by atoms with E-state index in [1.54, 1.807) is 0 Å². The summed E-state index contributed by atoms with van der Waals surface area (Å²) in [5.74, 6) is 1.02. The maximum absolute atomic E-state index is 6.06. The van der Waals surface area contributed by atoms with E-state index in [-0.39, 0.29) is 5.41 Å². The van der Waals surface area contributed by atoms with Crippen LogP contribution in [0.2, 0.25) is 0 Å². The fourth-order valence-corrected chi connectivity index (χ4v) is 4.84. The number of fused-ring (bicyclic) bond motifs is 4. The maximum Gasteiger partial charge on any atom is 0.292 e. The van der Waals surface area contributed by atoms with Crippen LogP contribution in [0.1, 0.15) is 25.0 Å². The lowest BCUT2D eigenvalue weighted by Gasteiger charge is -2.22. The van der Waals surface area contributed by atoms with Gasteiger partial charge >= 0.3 is 0 Å². The largest absolute Gasteiger partial charge is 0.435 e. The Bertz CT molecular complexity index is 1220. The lowest BCUT2D eigenvalue weighted by molar-refractivity contribution is -0.716. The number of aromatic nitrogens is 1. The topological polar surface area (TPSA) is 13.1 Å². The van der Waals surface area contributed by atoms with Crippen LogP contribution < -0.4 is 9.30 Å². The Morgan fingerprint density at radius 3 is 2.68 bits per heavy atom. The number of nitrogens with zero attached hydrogens (tertiary/aromatic N) is 1. The second kappa shape index (κ2) is 4.20. The molecule has 25 heavy (non-hydrogen) atoms. The molecule has 0 spiro atoms. The van der Waals surface area contributed by atoms with Gasteiger partial charge < -0.3 is 4.74 Å². The molecule has 0 N–H and O–H groups in total. The van der Waals surface area contributed by atoms with Crippen molar-refractivity contribution in [1.29, 1.82) is 0 Å². The molecule has 0 unspecified atom stereocenters. The van der Waals surface area contributed by atoms with Gasteiger partial charge in [0.25, 0.3) is 6.73 Å². The smallest absolute Gasteiger partial charge is 0.292 e. The van der Waals surface area contributed by atoms with Crippen LogP contribution in [0.3, 0.4) is 0 Å². The summed E-state index contributed by atoms with van der Waals surface area (Å²) in [6.45, 7) is 5.27. The first-order valence-electron chi connectivity index (χ1n) is 8.81. The summed E-state index contributed by atoms with van der Waals surface area (Å²) in [6, 6.07) is 19.7. The molecule has 0 fully saturated rings. The molecule has 1 aromatic heterocycles. The van der Waals surface area contributed by atoms with E-state index in [1.165, 1.54) is 43.9 Å². The predicted octanol–water partition coefficient (Wildman–Crippen LogP) is 4.94. The van der Waals surface area contributed by atoms with Gasteiger partial charge in [-0.25, -0.2) is 0 Å². The Balaban J connectivity index is 1.92. The molecular weight excluding hydrogens is 306 g/mol. The molecule has 0 atom stereocenters. The highest BCUT2D eigenvalue weighted by Gasteiger charge is 2.46. The molecule has 1 aliphatic heterocycles. The third kappa shape index (κ3) is 1.49. The average Bonchev–Trinajstić information content (AvgIpc) is 2.89. The molecular formula is C23H18NO+. The second-order valence-corrected chi connectivity index (χ2v) is 7.65. The van der Waals surface area contributed by atoms with Crippen molar-refractivity contribution in [3.63, 3.8) is 0 Å². The monoisotopic (exact) mass is 324 g/mol. The first-order valence-corrected chi connectivity index (χ1v) is 8.81. The van der Waals surface area contributed by atoms with Crippen molar-refractivity contribution in [1.82, 2.24) is 0 Å². The zero-order valence-corrected chi connectivity index (χ0v) is 14.3. The van der Waals surface area contributed by atoms with Crippen molar-refractivity contribution >= 4 is 21.5 Å². The third-order valence-corrected chi connectivity index (χ3v) is 5.95. The summed E-state index contributed by atoms with van der Waals surface area (Å²) in [6.07, 6.45) is 2.25. The lowest BCUT2D eigenvalue weighted by atomic mass is 9.80. The van der Waals surface area contributed by atoms with E-state index in [4.69, 9.17) is 4.74 Å². The van der Waals surface area contributed by atoms with Gasteiger partial charge in [0.05, 0.1) is 5.56 Å². The molecule has 3 aromatic carbocycles. The molecule has 120 valence electrons. The summed E-state index contributed by atoms with van der Waals surface area (Å²) >= 11 is 0. The van der Waals surface area contributed by atoms with E-state index >= 15 is 0 Å². The van der Waals surface area contributed by atoms with Crippen molar-refractivity contribution < 1.29 is 9.30 Å². The Morgan fingerprint density at radius 1 is 0.920 bits per heavy atom. The minimum atomic E-state index is -0.0419. The van der Waals surface area contributed by atoms with Crippen LogP contribution in [0.4, 0.5) is 0 Å². The van der Waals surface area contributed by atoms with Crippen LogP contribution in [0, 0.1) is 0 Å². The number of ether oxygens (including phenoxy) is 1. The Morgan fingerprint density at radius 2 is 1.76 bits per heavy atom. The van der Waals surface area contributed by atoms with E-state index in [0.717, 1.165) is 5.75 Å². The van der Waals surface area contributed by atoms with Crippen LogP contribution in [-0.4, -0.2) is 0 Å². The number of hydrogen-bond donors (Lipinski definition) is 0. The summed E-state index contributed by atoms with van der Waals surface area (Å²) in [5.41, 5.74) is 5.38.